The molecule has 5 heteroatoms. The molecule has 0 aromatic rings. The number of aliphatic carboxylic acids is 1. The fourth-order valence-corrected chi connectivity index (χ4v) is 2.60. The van der Waals surface area contributed by atoms with Crippen molar-refractivity contribution in [2.24, 2.45) is 0 Å². The summed E-state index contributed by atoms with van der Waals surface area (Å²) in [6.07, 6.45) is 2.85. The third-order valence-electron chi connectivity index (χ3n) is 3.38. The van der Waals surface area contributed by atoms with Gasteiger partial charge in [0.2, 0.25) is 0 Å². The number of carbonyl (C=O) groups is 1. The van der Waals surface area contributed by atoms with Gasteiger partial charge in [-0.1, -0.05) is 0 Å². The summed E-state index contributed by atoms with van der Waals surface area (Å²) in [5.41, 5.74) is -1.04. The molecule has 2 saturated heterocycles. The molecule has 2 heterocycles. The number of hydrogen-bond acceptors (Lipinski definition) is 4. The highest BCUT2D eigenvalue weighted by atomic mass is 16.5. The van der Waals surface area contributed by atoms with Crippen molar-refractivity contribution in [3.8, 4) is 0 Å². The van der Waals surface area contributed by atoms with Crippen molar-refractivity contribution < 1.29 is 19.7 Å². The van der Waals surface area contributed by atoms with Crippen molar-refractivity contribution in [1.29, 1.82) is 0 Å². The highest BCUT2D eigenvalue weighted by Gasteiger charge is 2.38. The fourth-order valence-electron chi connectivity index (χ4n) is 2.60. The van der Waals surface area contributed by atoms with E-state index in [1.54, 1.807) is 0 Å². The van der Waals surface area contributed by atoms with Gasteiger partial charge >= 0.3 is 5.97 Å². The van der Waals surface area contributed by atoms with Gasteiger partial charge in [0.05, 0.1) is 18.1 Å². The van der Waals surface area contributed by atoms with Crippen LogP contribution >= 0.6 is 0 Å². The van der Waals surface area contributed by atoms with Gasteiger partial charge in [0, 0.05) is 26.2 Å². The number of β-amino-alcohol motifs (C(OH)–C–C–N with tert-alkyl or cyclic N) is 1. The lowest BCUT2D eigenvalue weighted by atomic mass is 9.99. The maximum Gasteiger partial charge on any atom is 0.306 e. The molecule has 0 aromatic heterocycles. The average Bonchev–Trinajstić information content (AvgIpc) is 2.76. The molecule has 2 unspecified atom stereocenters. The molecule has 92 valence electrons. The molecule has 0 amide bonds. The second-order valence-corrected chi connectivity index (χ2v) is 4.91. The van der Waals surface area contributed by atoms with Crippen LogP contribution in [0.25, 0.3) is 0 Å². The van der Waals surface area contributed by atoms with E-state index in [0.717, 1.165) is 32.5 Å². The Bertz CT molecular complexity index is 265. The zero-order valence-corrected chi connectivity index (χ0v) is 9.39. The van der Waals surface area contributed by atoms with Crippen molar-refractivity contribution in [3.05, 3.63) is 0 Å². The number of aliphatic hydroxyl groups is 1. The number of likely N-dealkylation sites (tertiary alicyclic amines) is 1. The van der Waals surface area contributed by atoms with Crippen LogP contribution in [0.1, 0.15) is 25.7 Å². The Kier molecular flexibility index (Phi) is 3.47. The molecule has 5 nitrogen and oxygen atoms in total. The number of hydrogen-bond donors (Lipinski definition) is 2. The average molecular weight is 229 g/mol. The van der Waals surface area contributed by atoms with Gasteiger partial charge in [-0.15, -0.1) is 0 Å². The number of rotatable bonds is 4. The Hall–Kier alpha value is -0.650. The van der Waals surface area contributed by atoms with E-state index < -0.39 is 11.6 Å². The molecule has 0 bridgehead atoms. The molecule has 0 spiro atoms. The predicted octanol–water partition coefficient (Wildman–Crippen LogP) is 0.0769. The standard InChI is InChI=1S/C11H19NO4/c13-10(14)6-11(15)3-4-12(8-11)7-9-2-1-5-16-9/h9,15H,1-8H2,(H,13,14). The van der Waals surface area contributed by atoms with E-state index in [4.69, 9.17) is 9.84 Å². The molecular formula is C11H19NO4. The van der Waals surface area contributed by atoms with Crippen molar-refractivity contribution >= 4 is 5.97 Å². The van der Waals surface area contributed by atoms with E-state index in [9.17, 15) is 9.90 Å². The zero-order valence-electron chi connectivity index (χ0n) is 9.39. The van der Waals surface area contributed by atoms with Crippen LogP contribution in [0.5, 0.6) is 0 Å². The largest absolute Gasteiger partial charge is 0.481 e. The quantitative estimate of drug-likeness (QED) is 0.714. The van der Waals surface area contributed by atoms with Gasteiger partial charge < -0.3 is 14.9 Å². The number of ether oxygens (including phenoxy) is 1. The summed E-state index contributed by atoms with van der Waals surface area (Å²) < 4.78 is 5.52. The topological polar surface area (TPSA) is 70.0 Å². The molecule has 2 fully saturated rings. The van der Waals surface area contributed by atoms with E-state index >= 15 is 0 Å². The zero-order chi connectivity index (χ0) is 11.6. The molecular weight excluding hydrogens is 210 g/mol. The van der Waals surface area contributed by atoms with Crippen molar-refractivity contribution in [2.75, 3.05) is 26.2 Å². The van der Waals surface area contributed by atoms with Crippen molar-refractivity contribution in [1.82, 2.24) is 4.90 Å². The normalized spacial score (nSPS) is 35.7. The Morgan fingerprint density at radius 3 is 3.00 bits per heavy atom. The first-order chi connectivity index (χ1) is 7.57. The maximum absolute atomic E-state index is 10.6. The summed E-state index contributed by atoms with van der Waals surface area (Å²) in [6, 6.07) is 0. The number of carboxylic acid groups (broad SMARTS) is 1. The van der Waals surface area contributed by atoms with Crippen LogP contribution in [-0.2, 0) is 9.53 Å². The number of nitrogens with zero attached hydrogens (tertiary/aromatic N) is 1. The van der Waals surface area contributed by atoms with Gasteiger partial charge in [0.15, 0.2) is 0 Å². The van der Waals surface area contributed by atoms with Crippen LogP contribution in [0.2, 0.25) is 0 Å². The van der Waals surface area contributed by atoms with Gasteiger partial charge in [0.25, 0.3) is 0 Å². The smallest absolute Gasteiger partial charge is 0.306 e. The Labute approximate surface area is 95.0 Å². The molecule has 0 aromatic carbocycles. The predicted molar refractivity (Wildman–Crippen MR) is 57.2 cm³/mol. The molecule has 2 N–H and O–H groups in total. The molecule has 2 aliphatic heterocycles. The molecule has 0 aliphatic carbocycles. The Morgan fingerprint density at radius 2 is 2.38 bits per heavy atom. The first-order valence-corrected chi connectivity index (χ1v) is 5.86. The second-order valence-electron chi connectivity index (χ2n) is 4.91. The van der Waals surface area contributed by atoms with Gasteiger partial charge in [-0.2, -0.15) is 0 Å². The number of carboxylic acids is 1. The monoisotopic (exact) mass is 229 g/mol. The van der Waals surface area contributed by atoms with E-state index in [1.165, 1.54) is 0 Å². The van der Waals surface area contributed by atoms with E-state index in [0.29, 0.717) is 13.0 Å². The SMILES string of the molecule is O=C(O)CC1(O)CCN(CC2CCCO2)C1. The Balaban J connectivity index is 1.80. The summed E-state index contributed by atoms with van der Waals surface area (Å²) in [7, 11) is 0. The lowest BCUT2D eigenvalue weighted by Gasteiger charge is -2.23. The lowest BCUT2D eigenvalue weighted by molar-refractivity contribution is -0.142. The summed E-state index contributed by atoms with van der Waals surface area (Å²) in [4.78, 5) is 12.7. The molecule has 2 rings (SSSR count). The third-order valence-corrected chi connectivity index (χ3v) is 3.38. The van der Waals surface area contributed by atoms with E-state index in [-0.39, 0.29) is 12.5 Å². The maximum atomic E-state index is 10.6. The van der Waals surface area contributed by atoms with E-state index in [1.807, 2.05) is 0 Å². The van der Waals surface area contributed by atoms with Crippen LogP contribution in [0, 0.1) is 0 Å². The van der Waals surface area contributed by atoms with Crippen LogP contribution in [0.15, 0.2) is 0 Å². The molecule has 2 aliphatic rings. The third kappa shape index (κ3) is 2.93. The summed E-state index contributed by atoms with van der Waals surface area (Å²) >= 11 is 0. The van der Waals surface area contributed by atoms with Crippen molar-refractivity contribution in [3.63, 3.8) is 0 Å². The van der Waals surface area contributed by atoms with Crippen LogP contribution in [0.4, 0.5) is 0 Å². The molecule has 2 atom stereocenters. The summed E-state index contributed by atoms with van der Waals surface area (Å²) in [5.74, 6) is -0.929. The minimum atomic E-state index is -1.04. The van der Waals surface area contributed by atoms with Gasteiger partial charge in [0.1, 0.15) is 0 Å². The first-order valence-electron chi connectivity index (χ1n) is 5.86. The van der Waals surface area contributed by atoms with Crippen molar-refractivity contribution in [2.45, 2.75) is 37.4 Å². The second kappa shape index (κ2) is 4.69. The minimum Gasteiger partial charge on any atom is -0.481 e. The fraction of sp³-hybridized carbons (Fsp3) is 0.909. The van der Waals surface area contributed by atoms with Crippen LogP contribution in [-0.4, -0.2) is 59.0 Å². The first kappa shape index (κ1) is 11.8. The Morgan fingerprint density at radius 1 is 1.56 bits per heavy atom. The highest BCUT2D eigenvalue weighted by molar-refractivity contribution is 5.68. The van der Waals surface area contributed by atoms with Gasteiger partial charge in [-0.05, 0) is 19.3 Å². The summed E-state index contributed by atoms with van der Waals surface area (Å²) in [5, 5.41) is 18.7. The molecule has 0 radical (unpaired) electrons. The lowest BCUT2D eigenvalue weighted by Crippen LogP contribution is -2.37. The summed E-state index contributed by atoms with van der Waals surface area (Å²) in [6.45, 7) is 2.88. The molecule has 0 saturated carbocycles. The van der Waals surface area contributed by atoms with Crippen LogP contribution < -0.4 is 0 Å². The minimum absolute atomic E-state index is 0.158. The van der Waals surface area contributed by atoms with Gasteiger partial charge in [-0.3, -0.25) is 9.69 Å². The van der Waals surface area contributed by atoms with Gasteiger partial charge in [-0.25, -0.2) is 0 Å². The highest BCUT2D eigenvalue weighted by Crippen LogP contribution is 2.26. The molecule has 16 heavy (non-hydrogen) atoms. The van der Waals surface area contributed by atoms with E-state index in [2.05, 4.69) is 4.90 Å². The van der Waals surface area contributed by atoms with Crippen LogP contribution in [0.3, 0.4) is 0 Å².